The van der Waals surface area contributed by atoms with E-state index in [1.165, 1.54) is 6.42 Å². The molecule has 0 bridgehead atoms. The highest BCUT2D eigenvalue weighted by atomic mass is 16.2. The molecule has 0 saturated carbocycles. The topological polar surface area (TPSA) is 64.2 Å². The van der Waals surface area contributed by atoms with Gasteiger partial charge in [-0.2, -0.15) is 0 Å². The van der Waals surface area contributed by atoms with Crippen LogP contribution in [0.3, 0.4) is 0 Å². The Bertz CT molecular complexity index is 795. The molecular formula is C22H30N4O3. The number of benzene rings is 1. The van der Waals surface area contributed by atoms with Gasteiger partial charge in [-0.3, -0.25) is 19.3 Å². The molecule has 1 aromatic carbocycles. The first-order valence-corrected chi connectivity index (χ1v) is 10.7. The van der Waals surface area contributed by atoms with Crippen LogP contribution in [0.25, 0.3) is 0 Å². The molecule has 7 heteroatoms. The summed E-state index contributed by atoms with van der Waals surface area (Å²) in [5.74, 6) is 0.298. The number of anilines is 1. The summed E-state index contributed by atoms with van der Waals surface area (Å²) in [5.41, 5.74) is 2.68. The van der Waals surface area contributed by atoms with Gasteiger partial charge in [-0.05, 0) is 49.4 Å². The molecule has 3 amide bonds. The fourth-order valence-electron chi connectivity index (χ4n) is 4.59. The summed E-state index contributed by atoms with van der Waals surface area (Å²) >= 11 is 0. The summed E-state index contributed by atoms with van der Waals surface area (Å²) < 4.78 is 0. The second-order valence-electron chi connectivity index (χ2n) is 8.27. The second-order valence-corrected chi connectivity index (χ2v) is 8.27. The van der Waals surface area contributed by atoms with Crippen LogP contribution in [0.2, 0.25) is 0 Å². The van der Waals surface area contributed by atoms with Gasteiger partial charge in [0, 0.05) is 64.0 Å². The zero-order valence-corrected chi connectivity index (χ0v) is 17.2. The van der Waals surface area contributed by atoms with Crippen LogP contribution in [-0.4, -0.2) is 84.8 Å². The van der Waals surface area contributed by atoms with Crippen LogP contribution < -0.4 is 4.90 Å². The molecule has 156 valence electrons. The minimum Gasteiger partial charge on any atom is -0.342 e. The lowest BCUT2D eigenvalue weighted by Crippen LogP contribution is -2.52. The van der Waals surface area contributed by atoms with Crippen molar-refractivity contribution in [3.63, 3.8) is 0 Å². The molecule has 3 aliphatic heterocycles. The van der Waals surface area contributed by atoms with E-state index in [2.05, 4.69) is 4.90 Å². The Labute approximate surface area is 172 Å². The van der Waals surface area contributed by atoms with Crippen LogP contribution in [0, 0.1) is 0 Å². The Balaban J connectivity index is 1.31. The van der Waals surface area contributed by atoms with E-state index in [0.29, 0.717) is 31.7 Å². The largest absolute Gasteiger partial charge is 0.342 e. The summed E-state index contributed by atoms with van der Waals surface area (Å²) in [5, 5.41) is 0. The molecule has 0 unspecified atom stereocenters. The van der Waals surface area contributed by atoms with Gasteiger partial charge in [0.05, 0.1) is 6.54 Å². The van der Waals surface area contributed by atoms with E-state index >= 15 is 0 Å². The van der Waals surface area contributed by atoms with Crippen molar-refractivity contribution in [3.8, 4) is 0 Å². The van der Waals surface area contributed by atoms with Crippen LogP contribution in [0.15, 0.2) is 18.2 Å². The zero-order chi connectivity index (χ0) is 20.4. The smallest absolute Gasteiger partial charge is 0.253 e. The minimum atomic E-state index is 0.0380. The monoisotopic (exact) mass is 398 g/mol. The average molecular weight is 399 g/mol. The van der Waals surface area contributed by atoms with Crippen molar-refractivity contribution in [2.75, 3.05) is 57.3 Å². The second kappa shape index (κ2) is 8.53. The molecule has 0 aliphatic carbocycles. The third-order valence-corrected chi connectivity index (χ3v) is 6.33. The Morgan fingerprint density at radius 1 is 0.862 bits per heavy atom. The van der Waals surface area contributed by atoms with Gasteiger partial charge in [-0.25, -0.2) is 0 Å². The first-order valence-electron chi connectivity index (χ1n) is 10.7. The Morgan fingerprint density at radius 2 is 1.59 bits per heavy atom. The van der Waals surface area contributed by atoms with E-state index in [0.717, 1.165) is 56.7 Å². The lowest BCUT2D eigenvalue weighted by molar-refractivity contribution is -0.133. The number of carbonyl (C=O) groups is 3. The Morgan fingerprint density at radius 3 is 2.28 bits per heavy atom. The highest BCUT2D eigenvalue weighted by Crippen LogP contribution is 2.29. The summed E-state index contributed by atoms with van der Waals surface area (Å²) in [4.78, 5) is 44.9. The van der Waals surface area contributed by atoms with Gasteiger partial charge in [0.15, 0.2) is 0 Å². The number of fused-ring (bicyclic) bond motifs is 1. The predicted octanol–water partition coefficient (Wildman–Crippen LogP) is 1.37. The number of likely N-dealkylation sites (tertiary alicyclic amines) is 1. The molecule has 4 rings (SSSR count). The molecular weight excluding hydrogens is 368 g/mol. The van der Waals surface area contributed by atoms with Crippen LogP contribution in [-0.2, 0) is 16.0 Å². The number of amides is 3. The van der Waals surface area contributed by atoms with Gasteiger partial charge in [-0.15, -0.1) is 0 Å². The van der Waals surface area contributed by atoms with Gasteiger partial charge in [0.25, 0.3) is 5.91 Å². The van der Waals surface area contributed by atoms with Gasteiger partial charge in [0.2, 0.25) is 11.8 Å². The molecule has 7 nitrogen and oxygen atoms in total. The molecule has 0 atom stereocenters. The summed E-state index contributed by atoms with van der Waals surface area (Å²) in [7, 11) is 0. The normalized spacial score (nSPS) is 20.0. The van der Waals surface area contributed by atoms with Crippen molar-refractivity contribution < 1.29 is 14.4 Å². The molecule has 2 saturated heterocycles. The number of piperazine rings is 1. The maximum absolute atomic E-state index is 12.9. The van der Waals surface area contributed by atoms with Crippen molar-refractivity contribution in [3.05, 3.63) is 29.3 Å². The standard InChI is InChI=1S/C22H30N4O3/c1-17(27)26-10-7-18-15-19(5-6-20(18)26)22(29)25-13-11-23(12-14-25)16-21(28)24-8-3-2-4-9-24/h5-6,15H,2-4,7-14,16H2,1H3. The van der Waals surface area contributed by atoms with E-state index in [-0.39, 0.29) is 17.7 Å². The minimum absolute atomic E-state index is 0.0380. The SMILES string of the molecule is CC(=O)N1CCc2cc(C(=O)N3CCN(CC(=O)N4CCCCC4)CC3)ccc21. The lowest BCUT2D eigenvalue weighted by atomic mass is 10.1. The van der Waals surface area contributed by atoms with E-state index in [1.54, 1.807) is 11.8 Å². The predicted molar refractivity (Wildman–Crippen MR) is 111 cm³/mol. The number of piperidine rings is 1. The first kappa shape index (κ1) is 19.9. The van der Waals surface area contributed by atoms with Crippen LogP contribution in [0.5, 0.6) is 0 Å². The summed E-state index contributed by atoms with van der Waals surface area (Å²) in [6.45, 7) is 7.24. The average Bonchev–Trinajstić information content (AvgIpc) is 3.18. The molecule has 2 fully saturated rings. The van der Waals surface area contributed by atoms with Crippen LogP contribution in [0.4, 0.5) is 5.69 Å². The van der Waals surface area contributed by atoms with Gasteiger partial charge < -0.3 is 14.7 Å². The molecule has 3 aliphatic rings. The fourth-order valence-corrected chi connectivity index (χ4v) is 4.59. The fraction of sp³-hybridized carbons (Fsp3) is 0.591. The summed E-state index contributed by atoms with van der Waals surface area (Å²) in [6, 6.07) is 5.66. The van der Waals surface area contributed by atoms with Crippen molar-refractivity contribution in [1.29, 1.82) is 0 Å². The number of rotatable bonds is 3. The molecule has 0 spiro atoms. The van der Waals surface area contributed by atoms with E-state index in [4.69, 9.17) is 0 Å². The van der Waals surface area contributed by atoms with Crippen molar-refractivity contribution in [2.24, 2.45) is 0 Å². The number of carbonyl (C=O) groups excluding carboxylic acids is 3. The quantitative estimate of drug-likeness (QED) is 0.771. The highest BCUT2D eigenvalue weighted by molar-refractivity contribution is 5.98. The van der Waals surface area contributed by atoms with Gasteiger partial charge in [-0.1, -0.05) is 0 Å². The summed E-state index contributed by atoms with van der Waals surface area (Å²) in [6.07, 6.45) is 4.24. The van der Waals surface area contributed by atoms with Crippen LogP contribution in [0.1, 0.15) is 42.1 Å². The van der Waals surface area contributed by atoms with Crippen molar-refractivity contribution in [2.45, 2.75) is 32.6 Å². The number of hydrogen-bond donors (Lipinski definition) is 0. The van der Waals surface area contributed by atoms with Gasteiger partial charge >= 0.3 is 0 Å². The molecule has 0 N–H and O–H groups in total. The van der Waals surface area contributed by atoms with Gasteiger partial charge in [0.1, 0.15) is 0 Å². The maximum Gasteiger partial charge on any atom is 0.253 e. The molecule has 3 heterocycles. The zero-order valence-electron chi connectivity index (χ0n) is 17.2. The Hall–Kier alpha value is -2.41. The molecule has 0 radical (unpaired) electrons. The molecule has 29 heavy (non-hydrogen) atoms. The third-order valence-electron chi connectivity index (χ3n) is 6.33. The Kier molecular flexibility index (Phi) is 5.85. The van der Waals surface area contributed by atoms with E-state index in [9.17, 15) is 14.4 Å². The van der Waals surface area contributed by atoms with Crippen molar-refractivity contribution >= 4 is 23.4 Å². The highest BCUT2D eigenvalue weighted by Gasteiger charge is 2.27. The van der Waals surface area contributed by atoms with E-state index < -0.39 is 0 Å². The van der Waals surface area contributed by atoms with Crippen molar-refractivity contribution in [1.82, 2.24) is 14.7 Å². The maximum atomic E-state index is 12.9. The molecule has 1 aromatic rings. The molecule has 0 aromatic heterocycles. The van der Waals surface area contributed by atoms with E-state index in [1.807, 2.05) is 28.0 Å². The lowest BCUT2D eigenvalue weighted by Gasteiger charge is -2.36. The number of nitrogens with zero attached hydrogens (tertiary/aromatic N) is 4. The number of hydrogen-bond acceptors (Lipinski definition) is 4. The first-order chi connectivity index (χ1) is 14.0. The van der Waals surface area contributed by atoms with Crippen LogP contribution >= 0.6 is 0 Å². The third kappa shape index (κ3) is 4.29.